The number of ether oxygens (including phenoxy) is 1. The van der Waals surface area contributed by atoms with E-state index in [2.05, 4.69) is 24.0 Å². The van der Waals surface area contributed by atoms with E-state index < -0.39 is 0 Å². The van der Waals surface area contributed by atoms with E-state index in [0.717, 1.165) is 31.8 Å². The van der Waals surface area contributed by atoms with Crippen LogP contribution in [0.25, 0.3) is 0 Å². The normalized spacial score (nSPS) is 25.4. The van der Waals surface area contributed by atoms with Crippen molar-refractivity contribution in [1.82, 2.24) is 4.90 Å². The SMILES string of the molecule is C[C@@H](C1CC1)N(CCC#N)C[C@@H]1CCC=CO1. The highest BCUT2D eigenvalue weighted by atomic mass is 16.5. The average molecular weight is 234 g/mol. The molecule has 0 unspecified atom stereocenters. The van der Waals surface area contributed by atoms with Crippen LogP contribution in [0.1, 0.15) is 39.0 Å². The van der Waals surface area contributed by atoms with Crippen LogP contribution in [0.3, 0.4) is 0 Å². The summed E-state index contributed by atoms with van der Waals surface area (Å²) >= 11 is 0. The summed E-state index contributed by atoms with van der Waals surface area (Å²) < 4.78 is 5.63. The molecule has 1 fully saturated rings. The predicted octanol–water partition coefficient (Wildman–Crippen LogP) is 2.69. The molecule has 1 saturated carbocycles. The maximum atomic E-state index is 8.74. The van der Waals surface area contributed by atoms with Gasteiger partial charge in [0.1, 0.15) is 6.10 Å². The van der Waals surface area contributed by atoms with Gasteiger partial charge in [-0.1, -0.05) is 0 Å². The molecule has 0 radical (unpaired) electrons. The van der Waals surface area contributed by atoms with Crippen molar-refractivity contribution in [2.75, 3.05) is 13.1 Å². The number of rotatable bonds is 6. The summed E-state index contributed by atoms with van der Waals surface area (Å²) in [6.45, 7) is 4.16. The fourth-order valence-electron chi connectivity index (χ4n) is 2.51. The minimum absolute atomic E-state index is 0.319. The fourth-order valence-corrected chi connectivity index (χ4v) is 2.51. The molecule has 0 aromatic heterocycles. The minimum Gasteiger partial charge on any atom is -0.497 e. The Morgan fingerprint density at radius 1 is 1.47 bits per heavy atom. The highest BCUT2D eigenvalue weighted by Gasteiger charge is 2.32. The Morgan fingerprint density at radius 2 is 2.29 bits per heavy atom. The second-order valence-electron chi connectivity index (χ2n) is 5.19. The van der Waals surface area contributed by atoms with Crippen LogP contribution in [-0.4, -0.2) is 30.1 Å². The topological polar surface area (TPSA) is 36.3 Å². The van der Waals surface area contributed by atoms with Crippen LogP contribution < -0.4 is 0 Å². The van der Waals surface area contributed by atoms with Gasteiger partial charge >= 0.3 is 0 Å². The van der Waals surface area contributed by atoms with E-state index in [0.29, 0.717) is 18.6 Å². The Balaban J connectivity index is 1.85. The largest absolute Gasteiger partial charge is 0.497 e. The third-order valence-corrected chi connectivity index (χ3v) is 3.85. The van der Waals surface area contributed by atoms with Crippen molar-refractivity contribution < 1.29 is 4.74 Å². The zero-order chi connectivity index (χ0) is 12.1. The van der Waals surface area contributed by atoms with Gasteiger partial charge in [0.25, 0.3) is 0 Å². The zero-order valence-electron chi connectivity index (χ0n) is 10.6. The van der Waals surface area contributed by atoms with Crippen LogP contribution >= 0.6 is 0 Å². The number of nitrogens with zero attached hydrogens (tertiary/aromatic N) is 2. The Labute approximate surface area is 104 Å². The van der Waals surface area contributed by atoms with Crippen molar-refractivity contribution in [2.24, 2.45) is 5.92 Å². The van der Waals surface area contributed by atoms with Gasteiger partial charge in [0.05, 0.1) is 12.3 Å². The van der Waals surface area contributed by atoms with Gasteiger partial charge in [-0.2, -0.15) is 5.26 Å². The smallest absolute Gasteiger partial charge is 0.111 e. The molecule has 0 aromatic carbocycles. The number of nitriles is 1. The van der Waals surface area contributed by atoms with E-state index in [-0.39, 0.29) is 0 Å². The van der Waals surface area contributed by atoms with E-state index in [1.54, 1.807) is 0 Å². The summed E-state index contributed by atoms with van der Waals surface area (Å²) in [5, 5.41) is 8.74. The first kappa shape index (κ1) is 12.4. The summed E-state index contributed by atoms with van der Waals surface area (Å²) in [5.41, 5.74) is 0. The van der Waals surface area contributed by atoms with Gasteiger partial charge in [-0.05, 0) is 44.6 Å². The zero-order valence-corrected chi connectivity index (χ0v) is 10.6. The lowest BCUT2D eigenvalue weighted by Gasteiger charge is -2.32. The summed E-state index contributed by atoms with van der Waals surface area (Å²) in [7, 11) is 0. The highest BCUT2D eigenvalue weighted by Crippen LogP contribution is 2.35. The fraction of sp³-hybridized carbons (Fsp3) is 0.786. The molecule has 1 aliphatic heterocycles. The Bertz CT molecular complexity index is 304. The van der Waals surface area contributed by atoms with E-state index in [4.69, 9.17) is 10.00 Å². The molecular weight excluding hydrogens is 212 g/mol. The van der Waals surface area contributed by atoms with Crippen molar-refractivity contribution in [3.63, 3.8) is 0 Å². The first-order valence-corrected chi connectivity index (χ1v) is 6.72. The molecule has 94 valence electrons. The van der Waals surface area contributed by atoms with Gasteiger partial charge in [-0.25, -0.2) is 0 Å². The predicted molar refractivity (Wildman–Crippen MR) is 67.2 cm³/mol. The lowest BCUT2D eigenvalue weighted by atomic mass is 10.1. The molecule has 1 heterocycles. The molecule has 17 heavy (non-hydrogen) atoms. The molecule has 2 aliphatic rings. The maximum absolute atomic E-state index is 8.74. The molecular formula is C14H22N2O. The van der Waals surface area contributed by atoms with Gasteiger partial charge in [0, 0.05) is 25.6 Å². The molecule has 0 bridgehead atoms. The van der Waals surface area contributed by atoms with Crippen LogP contribution in [0.15, 0.2) is 12.3 Å². The van der Waals surface area contributed by atoms with Crippen LogP contribution in [0.2, 0.25) is 0 Å². The number of hydrogen-bond donors (Lipinski definition) is 0. The average Bonchev–Trinajstić information content (AvgIpc) is 3.19. The van der Waals surface area contributed by atoms with Gasteiger partial charge in [0.2, 0.25) is 0 Å². The monoisotopic (exact) mass is 234 g/mol. The third kappa shape index (κ3) is 3.74. The third-order valence-electron chi connectivity index (χ3n) is 3.85. The highest BCUT2D eigenvalue weighted by molar-refractivity contribution is 4.89. The summed E-state index contributed by atoms with van der Waals surface area (Å²) in [4.78, 5) is 2.45. The number of allylic oxidation sites excluding steroid dienone is 1. The minimum atomic E-state index is 0.319. The Kier molecular flexibility index (Phi) is 4.44. The summed E-state index contributed by atoms with van der Waals surface area (Å²) in [6, 6.07) is 2.86. The quantitative estimate of drug-likeness (QED) is 0.709. The second-order valence-corrected chi connectivity index (χ2v) is 5.19. The summed E-state index contributed by atoms with van der Waals surface area (Å²) in [6.07, 6.45) is 9.80. The first-order valence-electron chi connectivity index (χ1n) is 6.72. The van der Waals surface area contributed by atoms with Crippen molar-refractivity contribution in [2.45, 2.75) is 51.2 Å². The van der Waals surface area contributed by atoms with Crippen LogP contribution in [0, 0.1) is 17.2 Å². The maximum Gasteiger partial charge on any atom is 0.111 e. The summed E-state index contributed by atoms with van der Waals surface area (Å²) in [5.74, 6) is 0.854. The standard InChI is InChI=1S/C14H22N2O/c1-12(13-6-7-13)16(9-4-8-15)11-14-5-2-3-10-17-14/h3,10,12-14H,2,4-7,9,11H2,1H3/t12-,14-/m0/s1. The lowest BCUT2D eigenvalue weighted by molar-refractivity contribution is 0.0601. The van der Waals surface area contributed by atoms with Crippen molar-refractivity contribution >= 4 is 0 Å². The molecule has 0 N–H and O–H groups in total. The molecule has 1 aliphatic carbocycles. The molecule has 3 nitrogen and oxygen atoms in total. The molecule has 0 aromatic rings. The van der Waals surface area contributed by atoms with Crippen molar-refractivity contribution in [3.8, 4) is 6.07 Å². The molecule has 0 spiro atoms. The van der Waals surface area contributed by atoms with E-state index in [1.165, 1.54) is 12.8 Å². The van der Waals surface area contributed by atoms with Gasteiger partial charge in [-0.15, -0.1) is 0 Å². The number of hydrogen-bond acceptors (Lipinski definition) is 3. The van der Waals surface area contributed by atoms with E-state index in [1.807, 2.05) is 6.26 Å². The van der Waals surface area contributed by atoms with Crippen LogP contribution in [0.4, 0.5) is 0 Å². The molecule has 2 rings (SSSR count). The lowest BCUT2D eigenvalue weighted by Crippen LogP contribution is -2.41. The van der Waals surface area contributed by atoms with Gasteiger partial charge in [0.15, 0.2) is 0 Å². The van der Waals surface area contributed by atoms with Crippen molar-refractivity contribution in [3.05, 3.63) is 12.3 Å². The first-order chi connectivity index (χ1) is 8.31. The Hall–Kier alpha value is -1.01. The Morgan fingerprint density at radius 3 is 2.88 bits per heavy atom. The van der Waals surface area contributed by atoms with Crippen molar-refractivity contribution in [1.29, 1.82) is 5.26 Å². The molecule has 0 saturated heterocycles. The molecule has 2 atom stereocenters. The van der Waals surface area contributed by atoms with Gasteiger partial charge in [-0.3, -0.25) is 4.90 Å². The van der Waals surface area contributed by atoms with Crippen LogP contribution in [0.5, 0.6) is 0 Å². The molecule has 3 heteroatoms. The van der Waals surface area contributed by atoms with E-state index in [9.17, 15) is 0 Å². The molecule has 0 amide bonds. The van der Waals surface area contributed by atoms with Gasteiger partial charge < -0.3 is 4.74 Å². The van der Waals surface area contributed by atoms with Crippen LogP contribution in [-0.2, 0) is 4.74 Å². The second kappa shape index (κ2) is 6.07. The van der Waals surface area contributed by atoms with E-state index >= 15 is 0 Å².